The van der Waals surface area contributed by atoms with Crippen LogP contribution < -0.4 is 0 Å². The fraction of sp³-hybridized carbons (Fsp3) is 0.667. The highest BCUT2D eigenvalue weighted by Gasteiger charge is 2.42. The summed E-state index contributed by atoms with van der Waals surface area (Å²) in [7, 11) is 4.17. The second-order valence-corrected chi connectivity index (χ2v) is 6.00. The van der Waals surface area contributed by atoms with E-state index in [1.54, 1.807) is 12.1 Å². The van der Waals surface area contributed by atoms with Crippen molar-refractivity contribution in [3.63, 3.8) is 0 Å². The topological polar surface area (TPSA) is 49.2 Å². The summed E-state index contributed by atoms with van der Waals surface area (Å²) in [5.74, 6) is 0.374. The van der Waals surface area contributed by atoms with E-state index in [9.17, 15) is 4.79 Å². The van der Waals surface area contributed by atoms with Crippen LogP contribution in [0, 0.1) is 0 Å². The van der Waals surface area contributed by atoms with Crippen LogP contribution in [0.1, 0.15) is 10.6 Å². The molecule has 3 rings (SSSR count). The predicted molar refractivity (Wildman–Crippen MR) is 78.3 cm³/mol. The third-order valence-electron chi connectivity index (χ3n) is 4.27. The highest BCUT2D eigenvalue weighted by molar-refractivity contribution is 5.91. The quantitative estimate of drug-likeness (QED) is 0.802. The molecule has 2 aliphatic rings. The van der Waals surface area contributed by atoms with E-state index in [0.717, 1.165) is 32.8 Å². The number of morpholine rings is 1. The van der Waals surface area contributed by atoms with Crippen LogP contribution in [0.3, 0.4) is 0 Å². The number of nitrogens with zero attached hydrogens (tertiary/aromatic N) is 3. The van der Waals surface area contributed by atoms with Crippen LogP contribution in [-0.2, 0) is 4.74 Å². The third kappa shape index (κ3) is 3.12. The fourth-order valence-corrected chi connectivity index (χ4v) is 3.09. The van der Waals surface area contributed by atoms with Gasteiger partial charge in [0, 0.05) is 32.7 Å². The van der Waals surface area contributed by atoms with Gasteiger partial charge in [-0.25, -0.2) is 0 Å². The summed E-state index contributed by atoms with van der Waals surface area (Å²) < 4.78 is 11.1. The third-order valence-corrected chi connectivity index (χ3v) is 4.27. The lowest BCUT2D eigenvalue weighted by Gasteiger charge is -2.37. The molecule has 6 nitrogen and oxygen atoms in total. The average Bonchev–Trinajstić information content (AvgIpc) is 3.13. The summed E-state index contributed by atoms with van der Waals surface area (Å²) in [5, 5.41) is 0. The minimum Gasteiger partial charge on any atom is -0.459 e. The second-order valence-electron chi connectivity index (χ2n) is 6.00. The van der Waals surface area contributed by atoms with Gasteiger partial charge in [0.05, 0.1) is 25.0 Å². The first-order valence-corrected chi connectivity index (χ1v) is 7.48. The molecule has 1 amide bonds. The molecule has 0 saturated carbocycles. The molecule has 0 aliphatic carbocycles. The van der Waals surface area contributed by atoms with Crippen molar-refractivity contribution in [1.82, 2.24) is 14.7 Å². The monoisotopic (exact) mass is 293 g/mol. The molecular formula is C15H23N3O3. The zero-order chi connectivity index (χ0) is 14.8. The number of likely N-dealkylation sites (N-methyl/N-ethyl adjacent to an activating group) is 1. The van der Waals surface area contributed by atoms with E-state index in [0.29, 0.717) is 18.3 Å². The Hall–Kier alpha value is -1.37. The van der Waals surface area contributed by atoms with E-state index in [2.05, 4.69) is 23.9 Å². The van der Waals surface area contributed by atoms with Gasteiger partial charge in [-0.05, 0) is 26.2 Å². The van der Waals surface area contributed by atoms with Crippen LogP contribution in [0.25, 0.3) is 0 Å². The van der Waals surface area contributed by atoms with Gasteiger partial charge in [0.15, 0.2) is 5.76 Å². The molecule has 0 aromatic carbocycles. The molecule has 0 unspecified atom stereocenters. The molecule has 6 heteroatoms. The van der Waals surface area contributed by atoms with Gasteiger partial charge >= 0.3 is 0 Å². The highest BCUT2D eigenvalue weighted by atomic mass is 16.5. The Morgan fingerprint density at radius 1 is 1.43 bits per heavy atom. The van der Waals surface area contributed by atoms with E-state index in [-0.39, 0.29) is 12.0 Å². The molecular weight excluding hydrogens is 270 g/mol. The van der Waals surface area contributed by atoms with E-state index >= 15 is 0 Å². The molecule has 3 heterocycles. The summed E-state index contributed by atoms with van der Waals surface area (Å²) in [6, 6.07) is 3.77. The Balaban J connectivity index is 1.64. The van der Waals surface area contributed by atoms with Gasteiger partial charge in [-0.1, -0.05) is 0 Å². The SMILES string of the molecule is CN(C)CCN1CCO[C@H]2CN(C(=O)c3ccco3)C[C@H]21. The maximum absolute atomic E-state index is 12.4. The number of likely N-dealkylation sites (tertiary alicyclic amines) is 1. The Morgan fingerprint density at radius 3 is 3.00 bits per heavy atom. The molecule has 0 bridgehead atoms. The summed E-state index contributed by atoms with van der Waals surface area (Å²) in [6.45, 7) is 5.10. The van der Waals surface area contributed by atoms with Gasteiger partial charge in [-0.3, -0.25) is 9.69 Å². The van der Waals surface area contributed by atoms with Crippen LogP contribution in [0.15, 0.2) is 22.8 Å². The Labute approximate surface area is 125 Å². The van der Waals surface area contributed by atoms with Crippen molar-refractivity contribution in [2.75, 3.05) is 53.4 Å². The summed E-state index contributed by atoms with van der Waals surface area (Å²) in [5.41, 5.74) is 0. The number of fused-ring (bicyclic) bond motifs is 1. The zero-order valence-electron chi connectivity index (χ0n) is 12.7. The molecule has 0 spiro atoms. The Bertz CT molecular complexity index is 475. The van der Waals surface area contributed by atoms with E-state index < -0.39 is 0 Å². The number of hydrogen-bond acceptors (Lipinski definition) is 5. The minimum absolute atomic E-state index is 0.0365. The minimum atomic E-state index is -0.0365. The van der Waals surface area contributed by atoms with Crippen LogP contribution in [0.4, 0.5) is 0 Å². The summed E-state index contributed by atoms with van der Waals surface area (Å²) >= 11 is 0. The second kappa shape index (κ2) is 6.17. The molecule has 0 N–H and O–H groups in total. The van der Waals surface area contributed by atoms with Gasteiger partial charge in [-0.2, -0.15) is 0 Å². The molecule has 2 aliphatic heterocycles. The van der Waals surface area contributed by atoms with Gasteiger partial charge in [0.2, 0.25) is 0 Å². The van der Waals surface area contributed by atoms with Crippen LogP contribution >= 0.6 is 0 Å². The summed E-state index contributed by atoms with van der Waals surface area (Å²) in [4.78, 5) is 18.9. The molecule has 1 aromatic rings. The summed E-state index contributed by atoms with van der Waals surface area (Å²) in [6.07, 6.45) is 1.66. The largest absolute Gasteiger partial charge is 0.459 e. The molecule has 2 saturated heterocycles. The first-order chi connectivity index (χ1) is 10.1. The number of hydrogen-bond donors (Lipinski definition) is 0. The Kier molecular flexibility index (Phi) is 4.28. The highest BCUT2D eigenvalue weighted by Crippen LogP contribution is 2.24. The number of carbonyl (C=O) groups excluding carboxylic acids is 1. The van der Waals surface area contributed by atoms with Crippen LogP contribution in [-0.4, -0.2) is 86.2 Å². The van der Waals surface area contributed by atoms with Crippen molar-refractivity contribution >= 4 is 5.91 Å². The number of amides is 1. The molecule has 1 aromatic heterocycles. The van der Waals surface area contributed by atoms with Gasteiger partial charge in [-0.15, -0.1) is 0 Å². The smallest absolute Gasteiger partial charge is 0.289 e. The van der Waals surface area contributed by atoms with Crippen molar-refractivity contribution in [3.8, 4) is 0 Å². The fourth-order valence-electron chi connectivity index (χ4n) is 3.09. The number of furan rings is 1. The van der Waals surface area contributed by atoms with Crippen LogP contribution in [0.5, 0.6) is 0 Å². The standard InChI is InChI=1S/C15H23N3O3/c1-16(2)5-6-17-7-9-21-14-11-18(10-12(14)17)15(19)13-4-3-8-20-13/h3-4,8,12,14H,5-7,9-11H2,1-2H3/t12-,14+/m1/s1. The van der Waals surface area contributed by atoms with Gasteiger partial charge < -0.3 is 19.0 Å². The average molecular weight is 293 g/mol. The first-order valence-electron chi connectivity index (χ1n) is 7.48. The lowest BCUT2D eigenvalue weighted by molar-refractivity contribution is -0.0482. The van der Waals surface area contributed by atoms with Crippen molar-refractivity contribution in [2.24, 2.45) is 0 Å². The van der Waals surface area contributed by atoms with Gasteiger partial charge in [0.25, 0.3) is 5.91 Å². The predicted octanol–water partition coefficient (Wildman–Crippen LogP) is 0.366. The van der Waals surface area contributed by atoms with E-state index in [1.165, 1.54) is 6.26 Å². The zero-order valence-corrected chi connectivity index (χ0v) is 12.7. The van der Waals surface area contributed by atoms with Crippen molar-refractivity contribution < 1.29 is 13.9 Å². The van der Waals surface area contributed by atoms with Crippen molar-refractivity contribution in [1.29, 1.82) is 0 Å². The van der Waals surface area contributed by atoms with Crippen LogP contribution in [0.2, 0.25) is 0 Å². The number of carbonyl (C=O) groups is 1. The Morgan fingerprint density at radius 2 is 2.29 bits per heavy atom. The molecule has 21 heavy (non-hydrogen) atoms. The van der Waals surface area contributed by atoms with Gasteiger partial charge in [0.1, 0.15) is 0 Å². The van der Waals surface area contributed by atoms with E-state index in [4.69, 9.17) is 9.15 Å². The number of ether oxygens (including phenoxy) is 1. The van der Waals surface area contributed by atoms with Crippen molar-refractivity contribution in [2.45, 2.75) is 12.1 Å². The molecule has 2 atom stereocenters. The lowest BCUT2D eigenvalue weighted by atomic mass is 10.1. The number of rotatable bonds is 4. The maximum atomic E-state index is 12.4. The van der Waals surface area contributed by atoms with E-state index in [1.807, 2.05) is 4.90 Å². The molecule has 2 fully saturated rings. The molecule has 116 valence electrons. The first kappa shape index (κ1) is 14.6. The maximum Gasteiger partial charge on any atom is 0.289 e. The normalized spacial score (nSPS) is 26.3. The van der Waals surface area contributed by atoms with Crippen molar-refractivity contribution in [3.05, 3.63) is 24.2 Å². The molecule has 0 radical (unpaired) electrons. The lowest BCUT2D eigenvalue weighted by Crippen LogP contribution is -2.52.